The van der Waals surface area contributed by atoms with E-state index in [1.165, 1.54) is 18.2 Å². The van der Waals surface area contributed by atoms with Crippen molar-refractivity contribution < 1.29 is 14.5 Å². The highest BCUT2D eigenvalue weighted by molar-refractivity contribution is 6.31. The molecule has 7 nitrogen and oxygen atoms in total. The highest BCUT2D eigenvalue weighted by Gasteiger charge is 2.13. The van der Waals surface area contributed by atoms with Gasteiger partial charge >= 0.3 is 0 Å². The zero-order valence-corrected chi connectivity index (χ0v) is 17.9. The van der Waals surface area contributed by atoms with E-state index in [2.05, 4.69) is 5.32 Å². The number of hydrogen-bond acceptors (Lipinski definition) is 5. The van der Waals surface area contributed by atoms with E-state index in [0.29, 0.717) is 32.6 Å². The lowest BCUT2D eigenvalue weighted by Gasteiger charge is -2.11. The Balaban J connectivity index is 1.80. The van der Waals surface area contributed by atoms with Crippen LogP contribution in [0.5, 0.6) is 5.75 Å². The third-order valence-electron chi connectivity index (χ3n) is 4.26. The number of non-ortho nitro benzene ring substituents is 1. The van der Waals surface area contributed by atoms with Gasteiger partial charge in [-0.25, -0.2) is 0 Å². The van der Waals surface area contributed by atoms with Gasteiger partial charge in [-0.05, 0) is 60.2 Å². The first-order chi connectivity index (χ1) is 15.4. The van der Waals surface area contributed by atoms with Crippen molar-refractivity contribution in [3.63, 3.8) is 0 Å². The van der Waals surface area contributed by atoms with Crippen molar-refractivity contribution in [3.05, 3.63) is 104 Å². The molecule has 0 heterocycles. The van der Waals surface area contributed by atoms with Gasteiger partial charge in [-0.15, -0.1) is 0 Å². The minimum absolute atomic E-state index is 0.0201. The number of halogens is 2. The molecule has 0 radical (unpaired) electrons. The molecule has 0 aliphatic heterocycles. The standard InChI is InChI=1S/C23H15Cl2N3O4/c24-18-2-1-3-20(12-18)27-23(29)17(13-26)10-16-11-19(25)6-9-22(16)32-14-15-4-7-21(8-5-15)28(30)31/h1-12H,14H2,(H,27,29)/b17-10+. The summed E-state index contributed by atoms with van der Waals surface area (Å²) in [5.41, 5.74) is 1.40. The van der Waals surface area contributed by atoms with Crippen LogP contribution in [0, 0.1) is 21.4 Å². The highest BCUT2D eigenvalue weighted by atomic mass is 35.5. The van der Waals surface area contributed by atoms with E-state index in [9.17, 15) is 20.2 Å². The molecule has 3 aromatic rings. The zero-order chi connectivity index (χ0) is 23.1. The molecule has 3 aromatic carbocycles. The second-order valence-electron chi connectivity index (χ2n) is 6.53. The van der Waals surface area contributed by atoms with Gasteiger partial charge in [0, 0.05) is 33.4 Å². The maximum absolute atomic E-state index is 12.5. The molecule has 1 N–H and O–H groups in total. The van der Waals surface area contributed by atoms with Crippen LogP contribution in [0.15, 0.2) is 72.3 Å². The molecule has 1 amide bonds. The first kappa shape index (κ1) is 22.8. The monoisotopic (exact) mass is 467 g/mol. The van der Waals surface area contributed by atoms with E-state index < -0.39 is 10.8 Å². The Morgan fingerprint density at radius 2 is 1.81 bits per heavy atom. The number of carbonyl (C=O) groups is 1. The number of nitro groups is 1. The third-order valence-corrected chi connectivity index (χ3v) is 4.73. The molecule has 0 saturated carbocycles. The van der Waals surface area contributed by atoms with Crippen LogP contribution in [0.4, 0.5) is 11.4 Å². The lowest BCUT2D eigenvalue weighted by Crippen LogP contribution is -2.13. The molecule has 32 heavy (non-hydrogen) atoms. The number of nitriles is 1. The summed E-state index contributed by atoms with van der Waals surface area (Å²) < 4.78 is 5.81. The number of amides is 1. The third kappa shape index (κ3) is 6.08. The van der Waals surface area contributed by atoms with Gasteiger partial charge in [0.15, 0.2) is 0 Å². The second-order valence-corrected chi connectivity index (χ2v) is 7.40. The van der Waals surface area contributed by atoms with Gasteiger partial charge in [-0.2, -0.15) is 5.26 Å². The molecule has 0 saturated heterocycles. The summed E-state index contributed by atoms with van der Waals surface area (Å²) in [6.45, 7) is 0.122. The number of nitro benzene ring substituents is 1. The number of ether oxygens (including phenoxy) is 1. The molecule has 0 atom stereocenters. The van der Waals surface area contributed by atoms with E-state index in [4.69, 9.17) is 27.9 Å². The average Bonchev–Trinajstić information content (AvgIpc) is 2.77. The predicted molar refractivity (Wildman–Crippen MR) is 123 cm³/mol. The van der Waals surface area contributed by atoms with Gasteiger partial charge in [0.2, 0.25) is 0 Å². The Morgan fingerprint density at radius 3 is 2.47 bits per heavy atom. The normalized spacial score (nSPS) is 10.8. The average molecular weight is 468 g/mol. The zero-order valence-electron chi connectivity index (χ0n) is 16.4. The summed E-state index contributed by atoms with van der Waals surface area (Å²) in [5, 5.41) is 23.7. The number of nitrogens with one attached hydrogen (secondary N) is 1. The summed E-state index contributed by atoms with van der Waals surface area (Å²) in [6.07, 6.45) is 1.37. The maximum Gasteiger partial charge on any atom is 0.269 e. The molecular formula is C23H15Cl2N3O4. The largest absolute Gasteiger partial charge is 0.488 e. The van der Waals surface area contributed by atoms with Crippen molar-refractivity contribution in [3.8, 4) is 11.8 Å². The fourth-order valence-corrected chi connectivity index (χ4v) is 3.08. The first-order valence-corrected chi connectivity index (χ1v) is 9.95. The molecule has 160 valence electrons. The molecular weight excluding hydrogens is 453 g/mol. The van der Waals surface area contributed by atoms with Gasteiger partial charge in [-0.3, -0.25) is 14.9 Å². The Bertz CT molecular complexity index is 1230. The Labute approximate surface area is 193 Å². The quantitative estimate of drug-likeness (QED) is 0.197. The van der Waals surface area contributed by atoms with Gasteiger partial charge in [0.05, 0.1) is 4.92 Å². The summed E-state index contributed by atoms with van der Waals surface area (Å²) in [7, 11) is 0. The second kappa shape index (κ2) is 10.4. The molecule has 3 rings (SSSR count). The van der Waals surface area contributed by atoms with E-state index in [-0.39, 0.29) is 17.9 Å². The van der Waals surface area contributed by atoms with Crippen LogP contribution in [0.2, 0.25) is 10.0 Å². The maximum atomic E-state index is 12.5. The summed E-state index contributed by atoms with van der Waals surface area (Å²) >= 11 is 12.0. The van der Waals surface area contributed by atoms with Crippen LogP contribution in [-0.4, -0.2) is 10.8 Å². The molecule has 9 heteroatoms. The van der Waals surface area contributed by atoms with Crippen LogP contribution in [0.25, 0.3) is 6.08 Å². The molecule has 0 fully saturated rings. The predicted octanol–water partition coefficient (Wildman–Crippen LogP) is 6.03. The molecule has 0 aliphatic carbocycles. The van der Waals surface area contributed by atoms with Crippen molar-refractivity contribution in [1.82, 2.24) is 0 Å². The summed E-state index contributed by atoms with van der Waals surface area (Å²) in [5.74, 6) is -0.230. The number of hydrogen-bond donors (Lipinski definition) is 1. The summed E-state index contributed by atoms with van der Waals surface area (Å²) in [6, 6.07) is 19.2. The van der Waals surface area contributed by atoms with E-state index >= 15 is 0 Å². The Morgan fingerprint density at radius 1 is 1.09 bits per heavy atom. The van der Waals surface area contributed by atoms with Crippen LogP contribution >= 0.6 is 23.2 Å². The Kier molecular flexibility index (Phi) is 7.45. The van der Waals surface area contributed by atoms with E-state index in [1.807, 2.05) is 6.07 Å². The van der Waals surface area contributed by atoms with Gasteiger partial charge in [0.1, 0.15) is 24.0 Å². The van der Waals surface area contributed by atoms with Crippen molar-refractivity contribution >= 4 is 46.6 Å². The lowest BCUT2D eigenvalue weighted by atomic mass is 10.1. The van der Waals surface area contributed by atoms with Crippen LogP contribution < -0.4 is 10.1 Å². The minimum atomic E-state index is -0.615. The van der Waals surface area contributed by atoms with Crippen molar-refractivity contribution in [2.24, 2.45) is 0 Å². The topological polar surface area (TPSA) is 105 Å². The van der Waals surface area contributed by atoms with Crippen molar-refractivity contribution in [2.45, 2.75) is 6.61 Å². The molecule has 0 unspecified atom stereocenters. The lowest BCUT2D eigenvalue weighted by molar-refractivity contribution is -0.384. The molecule has 0 aromatic heterocycles. The SMILES string of the molecule is N#C/C(=C\c1cc(Cl)ccc1OCc1ccc([N+](=O)[O-])cc1)C(=O)Nc1cccc(Cl)c1. The number of anilines is 1. The first-order valence-electron chi connectivity index (χ1n) is 9.20. The summed E-state index contributed by atoms with van der Waals surface area (Å²) in [4.78, 5) is 22.8. The van der Waals surface area contributed by atoms with Crippen molar-refractivity contribution in [2.75, 3.05) is 5.32 Å². The van der Waals surface area contributed by atoms with Gasteiger partial charge in [0.25, 0.3) is 11.6 Å². The van der Waals surface area contributed by atoms with E-state index in [0.717, 1.165) is 0 Å². The molecule has 0 bridgehead atoms. The highest BCUT2D eigenvalue weighted by Crippen LogP contribution is 2.27. The smallest absolute Gasteiger partial charge is 0.269 e. The fourth-order valence-electron chi connectivity index (χ4n) is 2.71. The fraction of sp³-hybridized carbons (Fsp3) is 0.0435. The number of nitrogens with zero attached hydrogens (tertiary/aromatic N) is 2. The van der Waals surface area contributed by atoms with E-state index in [1.54, 1.807) is 54.6 Å². The van der Waals surface area contributed by atoms with Crippen LogP contribution in [0.3, 0.4) is 0 Å². The number of benzene rings is 3. The molecule has 0 aliphatic rings. The number of rotatable bonds is 7. The van der Waals surface area contributed by atoms with Gasteiger partial charge < -0.3 is 10.1 Å². The van der Waals surface area contributed by atoms with Gasteiger partial charge in [-0.1, -0.05) is 29.3 Å². The van der Waals surface area contributed by atoms with Crippen LogP contribution in [-0.2, 0) is 11.4 Å². The molecule has 0 spiro atoms. The number of carbonyl (C=O) groups excluding carboxylic acids is 1. The van der Waals surface area contributed by atoms with Crippen molar-refractivity contribution in [1.29, 1.82) is 5.26 Å². The minimum Gasteiger partial charge on any atom is -0.488 e. The Hall–Kier alpha value is -3.86. The van der Waals surface area contributed by atoms with Crippen LogP contribution in [0.1, 0.15) is 11.1 Å².